The summed E-state index contributed by atoms with van der Waals surface area (Å²) in [5.74, 6) is -5.55. The summed E-state index contributed by atoms with van der Waals surface area (Å²) in [6.45, 7) is -1.65. The van der Waals surface area contributed by atoms with E-state index in [2.05, 4.69) is 31.2 Å². The number of nitrogens with zero attached hydrogens (tertiary/aromatic N) is 2. The summed E-state index contributed by atoms with van der Waals surface area (Å²) in [5.41, 5.74) is 2.14. The van der Waals surface area contributed by atoms with Crippen molar-refractivity contribution in [1.29, 1.82) is 0 Å². The molecule has 1 atom stereocenters. The van der Waals surface area contributed by atoms with E-state index in [9.17, 15) is 22.4 Å². The van der Waals surface area contributed by atoms with Crippen molar-refractivity contribution in [2.75, 3.05) is 12.0 Å². The van der Waals surface area contributed by atoms with Gasteiger partial charge in [0.2, 0.25) is 0 Å². The van der Waals surface area contributed by atoms with Gasteiger partial charge in [0.05, 0.1) is 5.84 Å². The van der Waals surface area contributed by atoms with Gasteiger partial charge in [0.25, 0.3) is 11.8 Å². The number of amidine groups is 1. The van der Waals surface area contributed by atoms with Crippen LogP contribution in [-0.2, 0) is 5.54 Å². The van der Waals surface area contributed by atoms with Gasteiger partial charge in [-0.3, -0.25) is 9.79 Å². The first-order chi connectivity index (χ1) is 13.2. The highest BCUT2D eigenvalue weighted by Gasteiger charge is 2.58. The molecule has 28 heavy (non-hydrogen) atoms. The molecule has 148 valence electrons. The van der Waals surface area contributed by atoms with E-state index in [-0.39, 0.29) is 23.6 Å². The number of carbonyl (C=O) groups excluding carboxylic acids is 1. The summed E-state index contributed by atoms with van der Waals surface area (Å²) < 4.78 is 58.1. The number of nitrogens with one attached hydrogen (secondary N) is 1. The number of aliphatic imine (C=N–C) groups is 1. The first-order valence-corrected chi connectivity index (χ1v) is 8.99. The summed E-state index contributed by atoms with van der Waals surface area (Å²) in [5, 5.41) is 2.43. The molecule has 0 saturated carbocycles. The van der Waals surface area contributed by atoms with E-state index < -0.39 is 41.8 Å². The zero-order valence-corrected chi connectivity index (χ0v) is 15.9. The van der Waals surface area contributed by atoms with Crippen LogP contribution < -0.4 is 11.1 Å². The first kappa shape index (κ1) is 20.2. The highest BCUT2D eigenvalue weighted by molar-refractivity contribution is 9.10. The van der Waals surface area contributed by atoms with Crippen molar-refractivity contribution >= 4 is 33.4 Å². The van der Waals surface area contributed by atoms with Crippen molar-refractivity contribution in [3.8, 4) is 0 Å². The van der Waals surface area contributed by atoms with E-state index in [4.69, 9.17) is 5.73 Å². The van der Waals surface area contributed by atoms with E-state index in [0.717, 1.165) is 12.1 Å². The Morgan fingerprint density at radius 1 is 1.29 bits per heavy atom. The van der Waals surface area contributed by atoms with E-state index in [1.54, 1.807) is 6.07 Å². The number of carbonyl (C=O) groups is 1. The quantitative estimate of drug-likeness (QED) is 0.674. The highest BCUT2D eigenvalue weighted by Crippen LogP contribution is 2.48. The topological polar surface area (TPSA) is 80.4 Å². The Bertz CT molecular complexity index is 936. The molecule has 1 aliphatic rings. The van der Waals surface area contributed by atoms with Crippen LogP contribution in [0.3, 0.4) is 0 Å². The van der Waals surface area contributed by atoms with Crippen molar-refractivity contribution in [2.24, 2.45) is 10.7 Å². The number of aromatic nitrogens is 1. The Hall–Kier alpha value is -2.49. The summed E-state index contributed by atoms with van der Waals surface area (Å²) in [7, 11) is 0. The van der Waals surface area contributed by atoms with Crippen molar-refractivity contribution in [3.05, 3.63) is 58.1 Å². The van der Waals surface area contributed by atoms with Crippen molar-refractivity contribution in [3.63, 3.8) is 0 Å². The minimum Gasteiger partial charge on any atom is -0.387 e. The number of anilines is 1. The van der Waals surface area contributed by atoms with Gasteiger partial charge in [0, 0.05) is 34.8 Å². The second kappa shape index (κ2) is 7.50. The molecule has 0 fully saturated rings. The lowest BCUT2D eigenvalue weighted by Gasteiger charge is -2.39. The Balaban J connectivity index is 2.00. The predicted octanol–water partition coefficient (Wildman–Crippen LogP) is 4.19. The van der Waals surface area contributed by atoms with Crippen LogP contribution in [0, 0.1) is 5.82 Å². The molecule has 1 aliphatic heterocycles. The highest BCUT2D eigenvalue weighted by atomic mass is 79.9. The molecule has 1 aromatic carbocycles. The SMILES string of the molecule is NC1=N[C@](CF)(c2cc(NC(=O)c3ccc(Br)cn3)ccc2F)C(F)(F)CC1. The monoisotopic (exact) mass is 458 g/mol. The third-order valence-corrected chi connectivity index (χ3v) is 4.93. The molecule has 1 aromatic heterocycles. The van der Waals surface area contributed by atoms with Crippen molar-refractivity contribution < 1.29 is 22.4 Å². The van der Waals surface area contributed by atoms with Crippen LogP contribution in [0.5, 0.6) is 0 Å². The van der Waals surface area contributed by atoms with Gasteiger partial charge in [-0.25, -0.2) is 22.5 Å². The predicted molar refractivity (Wildman–Crippen MR) is 99.7 cm³/mol. The number of hydrogen-bond acceptors (Lipinski definition) is 4. The Morgan fingerprint density at radius 2 is 2.04 bits per heavy atom. The molecule has 1 amide bonds. The molecular weight excluding hydrogens is 444 g/mol. The zero-order chi connectivity index (χ0) is 20.5. The van der Waals surface area contributed by atoms with E-state index >= 15 is 0 Å². The molecule has 0 spiro atoms. The second-order valence-corrected chi connectivity index (χ2v) is 7.23. The molecule has 0 bridgehead atoms. The Morgan fingerprint density at radius 3 is 2.68 bits per heavy atom. The van der Waals surface area contributed by atoms with Gasteiger partial charge in [0.15, 0.2) is 5.54 Å². The summed E-state index contributed by atoms with van der Waals surface area (Å²) >= 11 is 3.19. The van der Waals surface area contributed by atoms with Gasteiger partial charge in [-0.2, -0.15) is 0 Å². The summed E-state index contributed by atoms with van der Waals surface area (Å²) in [6, 6.07) is 6.02. The fourth-order valence-electron chi connectivity index (χ4n) is 2.96. The fourth-order valence-corrected chi connectivity index (χ4v) is 3.19. The number of rotatable bonds is 4. The largest absolute Gasteiger partial charge is 0.387 e. The third-order valence-electron chi connectivity index (χ3n) is 4.46. The van der Waals surface area contributed by atoms with Gasteiger partial charge in [0.1, 0.15) is 18.2 Å². The molecule has 3 rings (SSSR count). The molecule has 0 aliphatic carbocycles. The fraction of sp³-hybridized carbons (Fsp3) is 0.278. The molecule has 0 radical (unpaired) electrons. The maximum atomic E-state index is 14.6. The lowest BCUT2D eigenvalue weighted by atomic mass is 9.80. The lowest BCUT2D eigenvalue weighted by molar-refractivity contribution is -0.0959. The Kier molecular flexibility index (Phi) is 5.42. The summed E-state index contributed by atoms with van der Waals surface area (Å²) in [4.78, 5) is 19.8. The molecule has 2 heterocycles. The average Bonchev–Trinajstić information content (AvgIpc) is 2.66. The van der Waals surface area contributed by atoms with Crippen LogP contribution in [0.4, 0.5) is 23.2 Å². The number of nitrogens with two attached hydrogens (primary N) is 1. The molecule has 10 heteroatoms. The number of alkyl halides is 3. The summed E-state index contributed by atoms with van der Waals surface area (Å²) in [6.07, 6.45) is 0.427. The van der Waals surface area contributed by atoms with Crippen LogP contribution in [0.15, 0.2) is 46.0 Å². The van der Waals surface area contributed by atoms with Crippen LogP contribution in [-0.4, -0.2) is 29.3 Å². The second-order valence-electron chi connectivity index (χ2n) is 6.31. The van der Waals surface area contributed by atoms with Gasteiger partial charge >= 0.3 is 0 Å². The number of benzene rings is 1. The maximum Gasteiger partial charge on any atom is 0.280 e. The smallest absolute Gasteiger partial charge is 0.280 e. The van der Waals surface area contributed by atoms with Gasteiger partial charge in [-0.1, -0.05) is 0 Å². The zero-order valence-electron chi connectivity index (χ0n) is 14.4. The molecular formula is C18H15BrF4N4O. The minimum atomic E-state index is -3.65. The van der Waals surface area contributed by atoms with Gasteiger partial charge < -0.3 is 11.1 Å². The van der Waals surface area contributed by atoms with Crippen molar-refractivity contribution in [2.45, 2.75) is 24.3 Å². The standard InChI is InChI=1S/C18H15BrF4N4O/c19-10-1-4-14(25-8-10)16(28)26-11-2-3-13(21)12(7-11)17(9-20)18(22,23)6-5-15(24)27-17/h1-4,7-8H,5-6,9H2,(H2,24,27)(H,26,28)/t17-/m1/s1. The average molecular weight is 459 g/mol. The minimum absolute atomic E-state index is 0.00547. The van der Waals surface area contributed by atoms with Gasteiger partial charge in [-0.15, -0.1) is 0 Å². The van der Waals surface area contributed by atoms with Crippen LogP contribution in [0.2, 0.25) is 0 Å². The van der Waals surface area contributed by atoms with Crippen LogP contribution in [0.25, 0.3) is 0 Å². The molecule has 3 N–H and O–H groups in total. The van der Waals surface area contributed by atoms with Gasteiger partial charge in [-0.05, 0) is 46.3 Å². The molecule has 2 aromatic rings. The number of hydrogen-bond donors (Lipinski definition) is 2. The normalized spacial score (nSPS) is 21.1. The number of amides is 1. The Labute approximate surface area is 166 Å². The molecule has 0 unspecified atom stereocenters. The molecule has 5 nitrogen and oxygen atoms in total. The van der Waals surface area contributed by atoms with E-state index in [1.807, 2.05) is 0 Å². The van der Waals surface area contributed by atoms with Crippen LogP contribution >= 0.6 is 15.9 Å². The molecule has 0 saturated heterocycles. The van der Waals surface area contributed by atoms with Crippen molar-refractivity contribution in [1.82, 2.24) is 4.98 Å². The lowest BCUT2D eigenvalue weighted by Crippen LogP contribution is -2.51. The van der Waals surface area contributed by atoms with E-state index in [1.165, 1.54) is 18.3 Å². The number of halogens is 5. The van der Waals surface area contributed by atoms with E-state index in [0.29, 0.717) is 4.47 Å². The third kappa shape index (κ3) is 3.60. The maximum absolute atomic E-state index is 14.6. The first-order valence-electron chi connectivity index (χ1n) is 8.19. The van der Waals surface area contributed by atoms with Crippen LogP contribution in [0.1, 0.15) is 28.9 Å². The number of pyridine rings is 1.